The van der Waals surface area contributed by atoms with Crippen molar-refractivity contribution in [3.8, 4) is 5.75 Å². The summed E-state index contributed by atoms with van der Waals surface area (Å²) < 4.78 is 33.0. The van der Waals surface area contributed by atoms with Crippen LogP contribution in [-0.2, 0) is 14.8 Å². The van der Waals surface area contributed by atoms with E-state index in [1.165, 1.54) is 0 Å². The predicted octanol–water partition coefficient (Wildman–Crippen LogP) is 3.70. The summed E-state index contributed by atoms with van der Waals surface area (Å²) in [6.07, 6.45) is 0.0330. The third kappa shape index (κ3) is 5.17. The van der Waals surface area contributed by atoms with Crippen LogP contribution in [0.4, 0.5) is 0 Å². The Morgan fingerprint density at radius 1 is 1.03 bits per heavy atom. The number of amides is 1. The van der Waals surface area contributed by atoms with Crippen molar-refractivity contribution in [2.45, 2.75) is 31.2 Å². The molecule has 0 aliphatic heterocycles. The van der Waals surface area contributed by atoms with E-state index in [1.807, 2.05) is 56.3 Å². The zero-order valence-corrected chi connectivity index (χ0v) is 18.1. The highest BCUT2D eigenvalue weighted by atomic mass is 32.2. The van der Waals surface area contributed by atoms with Crippen molar-refractivity contribution >= 4 is 26.7 Å². The van der Waals surface area contributed by atoms with Gasteiger partial charge in [0.05, 0.1) is 18.0 Å². The molecule has 0 heterocycles. The molecule has 0 radical (unpaired) electrons. The van der Waals surface area contributed by atoms with Gasteiger partial charge in [-0.1, -0.05) is 48.0 Å². The predicted molar refractivity (Wildman–Crippen MR) is 118 cm³/mol. The zero-order chi connectivity index (χ0) is 21.7. The van der Waals surface area contributed by atoms with Gasteiger partial charge >= 0.3 is 0 Å². The second kappa shape index (κ2) is 9.28. The summed E-state index contributed by atoms with van der Waals surface area (Å²) in [7, 11) is -2.11. The molecule has 7 heteroatoms. The van der Waals surface area contributed by atoms with Crippen LogP contribution in [-0.4, -0.2) is 28.0 Å². The van der Waals surface area contributed by atoms with Crippen LogP contribution in [0.2, 0.25) is 0 Å². The van der Waals surface area contributed by atoms with Crippen molar-refractivity contribution < 1.29 is 17.9 Å². The molecule has 0 aromatic heterocycles. The van der Waals surface area contributed by atoms with Gasteiger partial charge in [0.2, 0.25) is 15.9 Å². The van der Waals surface area contributed by atoms with E-state index in [0.717, 1.165) is 21.9 Å². The molecular formula is C23H26N2O4S. The third-order valence-electron chi connectivity index (χ3n) is 4.90. The van der Waals surface area contributed by atoms with Gasteiger partial charge in [-0.05, 0) is 42.8 Å². The summed E-state index contributed by atoms with van der Waals surface area (Å²) in [5.74, 6) is 0.456. The maximum atomic E-state index is 12.6. The molecular weight excluding hydrogens is 400 g/mol. The summed E-state index contributed by atoms with van der Waals surface area (Å²) in [5.41, 5.74) is 1.94. The van der Waals surface area contributed by atoms with Gasteiger partial charge in [0.1, 0.15) is 5.75 Å². The van der Waals surface area contributed by atoms with Crippen LogP contribution in [0, 0.1) is 6.92 Å². The summed E-state index contributed by atoms with van der Waals surface area (Å²) >= 11 is 0. The van der Waals surface area contributed by atoms with Gasteiger partial charge in [0.25, 0.3) is 0 Å². The second-order valence-corrected chi connectivity index (χ2v) is 8.96. The van der Waals surface area contributed by atoms with Crippen molar-refractivity contribution in [3.63, 3.8) is 0 Å². The first-order chi connectivity index (χ1) is 14.3. The number of benzene rings is 3. The van der Waals surface area contributed by atoms with Crippen LogP contribution in [0.25, 0.3) is 10.8 Å². The van der Waals surface area contributed by atoms with Crippen LogP contribution < -0.4 is 14.8 Å². The molecule has 0 fully saturated rings. The number of ether oxygens (including phenoxy) is 1. The van der Waals surface area contributed by atoms with Crippen molar-refractivity contribution in [3.05, 3.63) is 71.8 Å². The monoisotopic (exact) mass is 426 g/mol. The molecule has 0 unspecified atom stereocenters. The van der Waals surface area contributed by atoms with E-state index in [2.05, 4.69) is 10.0 Å². The SMILES string of the molecule is COc1ccc(C)cc1[C@@H](C)NC(=O)CCNS(=O)(=O)c1ccc2ccccc2c1. The van der Waals surface area contributed by atoms with Crippen LogP contribution >= 0.6 is 0 Å². The zero-order valence-electron chi connectivity index (χ0n) is 17.3. The van der Waals surface area contributed by atoms with Gasteiger partial charge in [-0.2, -0.15) is 0 Å². The Labute approximate surface area is 177 Å². The molecule has 0 spiro atoms. The number of hydrogen-bond donors (Lipinski definition) is 2. The second-order valence-electron chi connectivity index (χ2n) is 7.19. The molecule has 3 rings (SSSR count). The number of nitrogens with one attached hydrogen (secondary N) is 2. The van der Waals surface area contributed by atoms with Crippen molar-refractivity contribution in [2.24, 2.45) is 0 Å². The number of fused-ring (bicyclic) bond motifs is 1. The minimum absolute atomic E-state index is 0.0126. The van der Waals surface area contributed by atoms with E-state index in [4.69, 9.17) is 4.74 Å². The average Bonchev–Trinajstić information content (AvgIpc) is 2.73. The van der Waals surface area contributed by atoms with Crippen LogP contribution in [0.5, 0.6) is 5.75 Å². The molecule has 3 aromatic rings. The smallest absolute Gasteiger partial charge is 0.240 e. The Balaban J connectivity index is 1.58. The molecule has 2 N–H and O–H groups in total. The summed E-state index contributed by atoms with van der Waals surface area (Å²) in [6.45, 7) is 3.85. The van der Waals surface area contributed by atoms with Crippen LogP contribution in [0.15, 0.2) is 65.6 Å². The van der Waals surface area contributed by atoms with E-state index in [1.54, 1.807) is 25.3 Å². The molecule has 0 saturated heterocycles. The highest BCUT2D eigenvalue weighted by Gasteiger charge is 2.17. The van der Waals surface area contributed by atoms with Crippen LogP contribution in [0.1, 0.15) is 30.5 Å². The number of methoxy groups -OCH3 is 1. The molecule has 1 atom stereocenters. The molecule has 0 aliphatic rings. The summed E-state index contributed by atoms with van der Waals surface area (Å²) in [5, 5.41) is 4.71. The normalized spacial score (nSPS) is 12.5. The largest absolute Gasteiger partial charge is 0.496 e. The van der Waals surface area contributed by atoms with Gasteiger partial charge in [-0.25, -0.2) is 13.1 Å². The van der Waals surface area contributed by atoms with E-state index in [0.29, 0.717) is 5.75 Å². The Kier molecular flexibility index (Phi) is 6.74. The summed E-state index contributed by atoms with van der Waals surface area (Å²) in [6, 6.07) is 18.0. The van der Waals surface area contributed by atoms with Gasteiger partial charge in [-0.3, -0.25) is 4.79 Å². The number of hydrogen-bond acceptors (Lipinski definition) is 4. The van der Waals surface area contributed by atoms with Crippen LogP contribution in [0.3, 0.4) is 0 Å². The first kappa shape index (κ1) is 21.8. The minimum atomic E-state index is -3.69. The van der Waals surface area contributed by atoms with E-state index in [-0.39, 0.29) is 29.8 Å². The quantitative estimate of drug-likeness (QED) is 0.575. The first-order valence-corrected chi connectivity index (χ1v) is 11.2. The lowest BCUT2D eigenvalue weighted by molar-refractivity contribution is -0.121. The average molecular weight is 427 g/mol. The Bertz CT molecular complexity index is 1160. The first-order valence-electron chi connectivity index (χ1n) is 9.72. The lowest BCUT2D eigenvalue weighted by Crippen LogP contribution is -2.32. The molecule has 0 saturated carbocycles. The number of rotatable bonds is 8. The van der Waals surface area contributed by atoms with E-state index >= 15 is 0 Å². The minimum Gasteiger partial charge on any atom is -0.496 e. The maximum Gasteiger partial charge on any atom is 0.240 e. The number of sulfonamides is 1. The van der Waals surface area contributed by atoms with Crippen molar-refractivity contribution in [1.29, 1.82) is 0 Å². The van der Waals surface area contributed by atoms with Gasteiger partial charge < -0.3 is 10.1 Å². The third-order valence-corrected chi connectivity index (χ3v) is 6.36. The van der Waals surface area contributed by atoms with Gasteiger partial charge in [-0.15, -0.1) is 0 Å². The standard InChI is InChI=1S/C23H26N2O4S/c1-16-8-11-22(29-3)21(14-16)17(2)25-23(26)12-13-24-30(27,28)20-10-9-18-6-4-5-7-19(18)15-20/h4-11,14-15,17,24H,12-13H2,1-3H3,(H,25,26)/t17-/m1/s1. The molecule has 3 aromatic carbocycles. The van der Waals surface area contributed by atoms with Crippen molar-refractivity contribution in [1.82, 2.24) is 10.0 Å². The molecule has 1 amide bonds. The van der Waals surface area contributed by atoms with Gasteiger partial charge in [0.15, 0.2) is 0 Å². The summed E-state index contributed by atoms with van der Waals surface area (Å²) in [4.78, 5) is 12.5. The molecule has 158 valence electrons. The molecule has 0 bridgehead atoms. The molecule has 6 nitrogen and oxygen atoms in total. The molecule has 0 aliphatic carbocycles. The fraction of sp³-hybridized carbons (Fsp3) is 0.261. The fourth-order valence-corrected chi connectivity index (χ4v) is 4.37. The van der Waals surface area contributed by atoms with E-state index < -0.39 is 10.0 Å². The lowest BCUT2D eigenvalue weighted by Gasteiger charge is -2.18. The highest BCUT2D eigenvalue weighted by molar-refractivity contribution is 7.89. The fourth-order valence-electron chi connectivity index (χ4n) is 3.30. The Morgan fingerprint density at radius 3 is 2.50 bits per heavy atom. The molecule has 30 heavy (non-hydrogen) atoms. The van der Waals surface area contributed by atoms with Gasteiger partial charge in [0, 0.05) is 18.5 Å². The Hall–Kier alpha value is -2.90. The van der Waals surface area contributed by atoms with Crippen molar-refractivity contribution in [2.75, 3.05) is 13.7 Å². The number of carbonyl (C=O) groups excluding carboxylic acids is 1. The highest BCUT2D eigenvalue weighted by Crippen LogP contribution is 2.26. The maximum absolute atomic E-state index is 12.6. The van der Waals surface area contributed by atoms with E-state index in [9.17, 15) is 13.2 Å². The number of carbonyl (C=O) groups is 1. The topological polar surface area (TPSA) is 84.5 Å². The Morgan fingerprint density at radius 2 is 1.77 bits per heavy atom. The lowest BCUT2D eigenvalue weighted by atomic mass is 10.0. The number of aryl methyl sites for hydroxylation is 1.